The molecule has 0 heterocycles. The second-order valence-corrected chi connectivity index (χ2v) is 16.3. The second-order valence-electron chi connectivity index (χ2n) is 9.10. The summed E-state index contributed by atoms with van der Waals surface area (Å²) in [7, 11) is -0.505. The molecule has 4 fully saturated rings. The molecule has 0 saturated heterocycles. The largest absolute Gasteiger partial charge is 0.414 e. The summed E-state index contributed by atoms with van der Waals surface area (Å²) in [5.74, 6) is 3.64. The van der Waals surface area contributed by atoms with E-state index in [-0.39, 0.29) is 0 Å². The lowest BCUT2D eigenvalue weighted by Gasteiger charge is -2.45. The lowest BCUT2D eigenvalue weighted by atomic mass is 10.0. The van der Waals surface area contributed by atoms with Crippen molar-refractivity contribution in [3.63, 3.8) is 0 Å². The van der Waals surface area contributed by atoms with Crippen LogP contribution in [0.1, 0.15) is 51.4 Å². The van der Waals surface area contributed by atoms with Gasteiger partial charge in [0.15, 0.2) is 0 Å². The molecule has 0 N–H and O–H groups in total. The van der Waals surface area contributed by atoms with Gasteiger partial charge in [-0.2, -0.15) is 0 Å². The maximum Gasteiger partial charge on any atom is 0.329 e. The number of hydrogen-bond donors (Lipinski definition) is 0. The molecule has 0 aromatic carbocycles. The van der Waals surface area contributed by atoms with Crippen molar-refractivity contribution >= 4 is 17.1 Å². The quantitative estimate of drug-likeness (QED) is 0.640. The van der Waals surface area contributed by atoms with Crippen LogP contribution in [0.4, 0.5) is 0 Å². The summed E-state index contributed by atoms with van der Waals surface area (Å²) in [6.07, 6.45) is 11.3. The van der Waals surface area contributed by atoms with E-state index in [1.165, 1.54) is 51.4 Å². The van der Waals surface area contributed by atoms with Gasteiger partial charge in [-0.05, 0) is 62.4 Å². The Morgan fingerprint density at radius 2 is 1.09 bits per heavy atom. The minimum absolute atomic E-state index is 0.701. The first-order valence-corrected chi connectivity index (χ1v) is 14.6. The van der Waals surface area contributed by atoms with Gasteiger partial charge in [-0.3, -0.25) is 0 Å². The SMILES string of the molecule is CO[Si](C)(O[Si](C)(OC)C1CC2CCC1C2)C1CC2CCC1C2. The van der Waals surface area contributed by atoms with Crippen molar-refractivity contribution in [3.8, 4) is 0 Å². The molecule has 4 rings (SSSR count). The van der Waals surface area contributed by atoms with Crippen molar-refractivity contribution in [2.45, 2.75) is 75.5 Å². The first-order chi connectivity index (χ1) is 11.0. The predicted molar refractivity (Wildman–Crippen MR) is 96.7 cm³/mol. The van der Waals surface area contributed by atoms with Gasteiger partial charge >= 0.3 is 17.1 Å². The Kier molecular flexibility index (Phi) is 4.33. The third-order valence-corrected chi connectivity index (χ3v) is 17.0. The van der Waals surface area contributed by atoms with E-state index in [0.717, 1.165) is 23.7 Å². The first kappa shape index (κ1) is 16.8. The van der Waals surface area contributed by atoms with Gasteiger partial charge in [-0.1, -0.05) is 25.7 Å². The highest BCUT2D eigenvalue weighted by Crippen LogP contribution is 2.59. The molecule has 0 aliphatic heterocycles. The zero-order valence-electron chi connectivity index (χ0n) is 15.3. The molecule has 0 radical (unpaired) electrons. The third-order valence-electron chi connectivity index (χ3n) is 8.04. The smallest absolute Gasteiger partial charge is 0.329 e. The summed E-state index contributed by atoms with van der Waals surface area (Å²) in [6.45, 7) is 4.69. The Morgan fingerprint density at radius 3 is 1.35 bits per heavy atom. The van der Waals surface area contributed by atoms with Gasteiger partial charge in [-0.25, -0.2) is 0 Å². The highest BCUT2D eigenvalue weighted by atomic mass is 28.5. The van der Waals surface area contributed by atoms with Gasteiger partial charge in [0.25, 0.3) is 0 Å². The van der Waals surface area contributed by atoms with Crippen molar-refractivity contribution < 1.29 is 13.0 Å². The van der Waals surface area contributed by atoms with Crippen LogP contribution in [0.15, 0.2) is 0 Å². The van der Waals surface area contributed by atoms with Gasteiger partial charge < -0.3 is 13.0 Å². The van der Waals surface area contributed by atoms with Crippen LogP contribution in [0.3, 0.4) is 0 Å². The molecular weight excluding hydrogens is 320 g/mol. The number of hydrogen-bond acceptors (Lipinski definition) is 3. The average Bonchev–Trinajstić information content (AvgIpc) is 3.33. The van der Waals surface area contributed by atoms with Crippen LogP contribution in [-0.4, -0.2) is 31.3 Å². The topological polar surface area (TPSA) is 27.7 Å². The zero-order chi connectivity index (χ0) is 16.2. The van der Waals surface area contributed by atoms with Gasteiger partial charge in [-0.15, -0.1) is 0 Å². The summed E-state index contributed by atoms with van der Waals surface area (Å²) < 4.78 is 19.4. The van der Waals surface area contributed by atoms with Crippen molar-refractivity contribution in [2.24, 2.45) is 23.7 Å². The average molecular weight is 355 g/mol. The Bertz CT molecular complexity index is 422. The Hall–Kier alpha value is 0.314. The fourth-order valence-corrected chi connectivity index (χ4v) is 16.3. The van der Waals surface area contributed by atoms with Gasteiger partial charge in [0.05, 0.1) is 0 Å². The fourth-order valence-electron chi connectivity index (χ4n) is 6.71. The highest BCUT2D eigenvalue weighted by molar-refractivity contribution is 6.81. The van der Waals surface area contributed by atoms with E-state index in [0.29, 0.717) is 11.1 Å². The lowest BCUT2D eigenvalue weighted by molar-refractivity contribution is 0.203. The lowest BCUT2D eigenvalue weighted by Crippen LogP contribution is -2.57. The predicted octanol–water partition coefficient (Wildman–Crippen LogP) is 4.82. The molecule has 0 aromatic heterocycles. The summed E-state index contributed by atoms with van der Waals surface area (Å²) in [6, 6.07) is 0. The van der Waals surface area contributed by atoms with Crippen LogP contribution in [0.25, 0.3) is 0 Å². The van der Waals surface area contributed by atoms with Crippen molar-refractivity contribution in [2.75, 3.05) is 14.2 Å². The third kappa shape index (κ3) is 2.71. The molecule has 0 aromatic rings. The molecule has 4 bridgehead atoms. The highest BCUT2D eigenvalue weighted by Gasteiger charge is 2.59. The normalized spacial score (nSPS) is 47.0. The molecule has 23 heavy (non-hydrogen) atoms. The van der Waals surface area contributed by atoms with E-state index in [1.54, 1.807) is 0 Å². The number of rotatable bonds is 6. The van der Waals surface area contributed by atoms with E-state index in [2.05, 4.69) is 13.1 Å². The van der Waals surface area contributed by atoms with Gasteiger partial charge in [0.1, 0.15) is 0 Å². The molecule has 8 unspecified atom stereocenters. The maximum absolute atomic E-state index is 7.03. The van der Waals surface area contributed by atoms with Crippen LogP contribution in [-0.2, 0) is 13.0 Å². The van der Waals surface area contributed by atoms with E-state index < -0.39 is 17.1 Å². The standard InChI is InChI=1S/C18H34O3Si2/c1-19-22(3,17-11-13-5-7-15(17)9-13)21-23(4,20-2)18-12-14-6-8-16(18)10-14/h13-18H,5-12H2,1-4H3. The monoisotopic (exact) mass is 354 g/mol. The van der Waals surface area contributed by atoms with Gasteiger partial charge in [0, 0.05) is 25.3 Å². The summed E-state index contributed by atoms with van der Waals surface area (Å²) in [5, 5.41) is 0. The second kappa shape index (κ2) is 5.94. The van der Waals surface area contributed by atoms with E-state index in [1.807, 2.05) is 14.2 Å². The molecule has 4 aliphatic carbocycles. The molecule has 0 amide bonds. The van der Waals surface area contributed by atoms with E-state index >= 15 is 0 Å². The molecule has 3 nitrogen and oxygen atoms in total. The fraction of sp³-hybridized carbons (Fsp3) is 1.00. The van der Waals surface area contributed by atoms with Crippen LogP contribution < -0.4 is 0 Å². The molecule has 4 aliphatic rings. The minimum atomic E-state index is -2.16. The van der Waals surface area contributed by atoms with Gasteiger partial charge in [0.2, 0.25) is 0 Å². The van der Waals surface area contributed by atoms with Crippen molar-refractivity contribution in [1.82, 2.24) is 0 Å². The molecule has 4 saturated carbocycles. The van der Waals surface area contributed by atoms with Crippen LogP contribution in [0.2, 0.25) is 24.2 Å². The number of fused-ring (bicyclic) bond motifs is 4. The Morgan fingerprint density at radius 1 is 0.652 bits per heavy atom. The van der Waals surface area contributed by atoms with Crippen LogP contribution in [0, 0.1) is 23.7 Å². The molecule has 132 valence electrons. The molecule has 5 heteroatoms. The van der Waals surface area contributed by atoms with E-state index in [4.69, 9.17) is 13.0 Å². The minimum Gasteiger partial charge on any atom is -0.414 e. The van der Waals surface area contributed by atoms with E-state index in [9.17, 15) is 0 Å². The van der Waals surface area contributed by atoms with Crippen LogP contribution in [0.5, 0.6) is 0 Å². The first-order valence-electron chi connectivity index (χ1n) is 9.78. The molecule has 8 atom stereocenters. The van der Waals surface area contributed by atoms with Crippen molar-refractivity contribution in [1.29, 1.82) is 0 Å². The van der Waals surface area contributed by atoms with Crippen molar-refractivity contribution in [3.05, 3.63) is 0 Å². The zero-order valence-corrected chi connectivity index (χ0v) is 17.3. The van der Waals surface area contributed by atoms with Crippen LogP contribution >= 0.6 is 0 Å². The Balaban J connectivity index is 1.53. The summed E-state index contributed by atoms with van der Waals surface area (Å²) >= 11 is 0. The summed E-state index contributed by atoms with van der Waals surface area (Å²) in [4.78, 5) is 0. The molecule has 0 spiro atoms. The maximum atomic E-state index is 7.03. The molecular formula is C18H34O3Si2. The summed E-state index contributed by atoms with van der Waals surface area (Å²) in [5.41, 5.74) is 1.40. The Labute approximate surface area is 144 Å².